The molecule has 4 heterocycles. The topological polar surface area (TPSA) is 142 Å². The number of carbonyl (C=O) groups excluding carboxylic acids is 3. The minimum absolute atomic E-state index is 0.0460. The van der Waals surface area contributed by atoms with Crippen LogP contribution in [0.1, 0.15) is 63.7 Å². The SMILES string of the molecule is COC(=O)C[C@H]1[C@@]2(C)CO[C@]3(O)[C@@H](C=C4[C@H](CC[C@@]5(C)[C@H](c6ccoc6)OC(=O)C[C@@]45O)[C@]13C)[C@H]2OC(=O)/C=C/c1ccccc1. The third-order valence-corrected chi connectivity index (χ3v) is 12.3. The van der Waals surface area contributed by atoms with Gasteiger partial charge in [0.2, 0.25) is 0 Å². The first-order chi connectivity index (χ1) is 21.8. The summed E-state index contributed by atoms with van der Waals surface area (Å²) in [5.41, 5.74) is -2.59. The molecule has 10 heteroatoms. The van der Waals surface area contributed by atoms with Crippen LogP contribution in [0.5, 0.6) is 0 Å². The minimum atomic E-state index is -1.84. The fourth-order valence-corrected chi connectivity index (χ4v) is 9.81. The van der Waals surface area contributed by atoms with Gasteiger partial charge in [-0.15, -0.1) is 0 Å². The number of carbonyl (C=O) groups is 3. The Balaban J connectivity index is 1.36. The molecule has 6 aliphatic rings. The van der Waals surface area contributed by atoms with Gasteiger partial charge in [-0.3, -0.25) is 9.59 Å². The highest BCUT2D eigenvalue weighted by molar-refractivity contribution is 5.87. The number of fused-ring (bicyclic) bond motifs is 4. The molecule has 1 aromatic heterocycles. The predicted octanol–water partition coefficient (Wildman–Crippen LogP) is 4.52. The van der Waals surface area contributed by atoms with Gasteiger partial charge in [0, 0.05) is 34.3 Å². The van der Waals surface area contributed by atoms with Crippen LogP contribution in [0.2, 0.25) is 0 Å². The van der Waals surface area contributed by atoms with Crippen LogP contribution in [-0.2, 0) is 33.3 Å². The van der Waals surface area contributed by atoms with Crippen LogP contribution in [0.4, 0.5) is 0 Å². The van der Waals surface area contributed by atoms with Gasteiger partial charge in [0.25, 0.3) is 0 Å². The molecule has 3 aliphatic heterocycles. The first kappa shape index (κ1) is 30.9. The fraction of sp³-hybridized carbons (Fsp3) is 0.528. The van der Waals surface area contributed by atoms with E-state index in [1.165, 1.54) is 25.7 Å². The number of benzene rings is 1. The molecule has 0 amide bonds. The second kappa shape index (κ2) is 10.4. The molecule has 8 rings (SSSR count). The van der Waals surface area contributed by atoms with E-state index in [1.54, 1.807) is 18.2 Å². The summed E-state index contributed by atoms with van der Waals surface area (Å²) >= 11 is 0. The number of hydrogen-bond acceptors (Lipinski definition) is 10. The number of esters is 3. The van der Waals surface area contributed by atoms with Crippen molar-refractivity contribution in [2.24, 2.45) is 34.0 Å². The zero-order valence-corrected chi connectivity index (χ0v) is 26.4. The van der Waals surface area contributed by atoms with Crippen LogP contribution < -0.4 is 0 Å². The van der Waals surface area contributed by atoms with Gasteiger partial charge in [-0.1, -0.05) is 57.2 Å². The van der Waals surface area contributed by atoms with Crippen LogP contribution >= 0.6 is 0 Å². The number of cyclic esters (lactones) is 1. The Morgan fingerprint density at radius 3 is 2.57 bits per heavy atom. The van der Waals surface area contributed by atoms with E-state index in [4.69, 9.17) is 23.4 Å². The molecule has 3 aliphatic carbocycles. The number of ether oxygens (including phenoxy) is 4. The van der Waals surface area contributed by atoms with Gasteiger partial charge in [-0.2, -0.15) is 0 Å². The Kier molecular flexibility index (Phi) is 6.98. The van der Waals surface area contributed by atoms with Gasteiger partial charge in [-0.25, -0.2) is 4.79 Å². The van der Waals surface area contributed by atoms with Gasteiger partial charge < -0.3 is 33.6 Å². The van der Waals surface area contributed by atoms with E-state index in [0.717, 1.165) is 5.56 Å². The van der Waals surface area contributed by atoms with E-state index in [1.807, 2.05) is 51.1 Å². The molecule has 4 bridgehead atoms. The van der Waals surface area contributed by atoms with Gasteiger partial charge in [0.05, 0.1) is 38.6 Å². The van der Waals surface area contributed by atoms with Crippen LogP contribution in [-0.4, -0.2) is 59.3 Å². The molecule has 5 fully saturated rings. The highest BCUT2D eigenvalue weighted by atomic mass is 16.6. The molecule has 1 aromatic carbocycles. The Labute approximate surface area is 267 Å². The Hall–Kier alpha value is -3.73. The maximum atomic E-state index is 13.4. The molecule has 0 radical (unpaired) electrons. The molecule has 0 unspecified atom stereocenters. The molecule has 3 saturated heterocycles. The highest BCUT2D eigenvalue weighted by Crippen LogP contribution is 2.75. The Morgan fingerprint density at radius 2 is 1.87 bits per heavy atom. The predicted molar refractivity (Wildman–Crippen MR) is 162 cm³/mol. The third-order valence-electron chi connectivity index (χ3n) is 12.3. The largest absolute Gasteiger partial charge is 0.472 e. The van der Waals surface area contributed by atoms with Crippen LogP contribution in [0.3, 0.4) is 0 Å². The van der Waals surface area contributed by atoms with Crippen molar-refractivity contribution >= 4 is 24.0 Å². The lowest BCUT2D eigenvalue weighted by Gasteiger charge is -2.74. The van der Waals surface area contributed by atoms with E-state index in [-0.39, 0.29) is 19.4 Å². The molecular formula is C36H40O10. The number of furan rings is 1. The Bertz CT molecular complexity index is 1610. The summed E-state index contributed by atoms with van der Waals surface area (Å²) in [6, 6.07) is 11.1. The molecule has 2 aromatic rings. The van der Waals surface area contributed by atoms with Crippen LogP contribution in [0.25, 0.3) is 6.08 Å². The fourth-order valence-electron chi connectivity index (χ4n) is 9.81. The lowest BCUT2D eigenvalue weighted by atomic mass is 9.36. The van der Waals surface area contributed by atoms with E-state index in [9.17, 15) is 24.6 Å². The number of aliphatic hydroxyl groups is 2. The molecule has 244 valence electrons. The lowest BCUT2D eigenvalue weighted by Crippen LogP contribution is -2.80. The first-order valence-corrected chi connectivity index (χ1v) is 15.8. The monoisotopic (exact) mass is 632 g/mol. The quantitative estimate of drug-likeness (QED) is 0.202. The number of methoxy groups -OCH3 is 1. The van der Waals surface area contributed by atoms with E-state index >= 15 is 0 Å². The summed E-state index contributed by atoms with van der Waals surface area (Å²) < 4.78 is 28.9. The summed E-state index contributed by atoms with van der Waals surface area (Å²) in [7, 11) is 1.32. The third kappa shape index (κ3) is 4.02. The van der Waals surface area contributed by atoms with Crippen molar-refractivity contribution in [3.63, 3.8) is 0 Å². The smallest absolute Gasteiger partial charge is 0.331 e. The highest BCUT2D eigenvalue weighted by Gasteiger charge is 2.80. The van der Waals surface area contributed by atoms with Gasteiger partial charge in [0.1, 0.15) is 17.8 Å². The zero-order chi connectivity index (χ0) is 32.7. The molecular weight excluding hydrogens is 592 g/mol. The lowest BCUT2D eigenvalue weighted by molar-refractivity contribution is -0.429. The van der Waals surface area contributed by atoms with Crippen molar-refractivity contribution in [1.82, 2.24) is 0 Å². The zero-order valence-electron chi connectivity index (χ0n) is 26.4. The van der Waals surface area contributed by atoms with Crippen molar-refractivity contribution in [2.45, 2.75) is 70.1 Å². The second-order valence-electron chi connectivity index (χ2n) is 14.3. The standard InChI is InChI=1S/C36H40O10/c1-32-20-44-36(41)25(31(32)45-27(37)11-10-21-8-6-5-7-9-21)16-24-23(34(36,3)26(32)17-28(38)42-4)12-14-33(2)30(22-13-15-43-19-22)46-29(39)18-35(24,33)40/h5-11,13,15-16,19,23,25-26,30-31,40-41H,12,14,17-18,20H2,1-4H3/b11-10+/t23-,25-,26-,30-,31+,32+,33-,34+,35+,36+/m0/s1. The van der Waals surface area contributed by atoms with Crippen molar-refractivity contribution in [2.75, 3.05) is 13.7 Å². The van der Waals surface area contributed by atoms with Gasteiger partial charge in [0.15, 0.2) is 5.79 Å². The first-order valence-electron chi connectivity index (χ1n) is 15.8. The average molecular weight is 633 g/mol. The van der Waals surface area contributed by atoms with Crippen LogP contribution in [0, 0.1) is 34.0 Å². The summed E-state index contributed by atoms with van der Waals surface area (Å²) in [6.45, 7) is 5.79. The Morgan fingerprint density at radius 1 is 1.11 bits per heavy atom. The van der Waals surface area contributed by atoms with E-state index in [2.05, 4.69) is 0 Å². The van der Waals surface area contributed by atoms with Gasteiger partial charge in [-0.05, 0) is 48.0 Å². The summed E-state index contributed by atoms with van der Waals surface area (Å²) in [5, 5.41) is 25.5. The van der Waals surface area contributed by atoms with Crippen molar-refractivity contribution in [3.05, 3.63) is 77.8 Å². The van der Waals surface area contributed by atoms with E-state index in [0.29, 0.717) is 24.0 Å². The average Bonchev–Trinajstić information content (AvgIpc) is 3.57. The molecule has 2 N–H and O–H groups in total. The van der Waals surface area contributed by atoms with Crippen molar-refractivity contribution < 1.29 is 48.0 Å². The second-order valence-corrected chi connectivity index (χ2v) is 14.3. The van der Waals surface area contributed by atoms with Crippen molar-refractivity contribution in [3.8, 4) is 0 Å². The van der Waals surface area contributed by atoms with Gasteiger partial charge >= 0.3 is 17.9 Å². The minimum Gasteiger partial charge on any atom is -0.472 e. The molecule has 0 spiro atoms. The number of hydrogen-bond donors (Lipinski definition) is 2. The molecule has 2 saturated carbocycles. The molecule has 46 heavy (non-hydrogen) atoms. The maximum absolute atomic E-state index is 13.4. The van der Waals surface area contributed by atoms with Crippen molar-refractivity contribution in [1.29, 1.82) is 0 Å². The summed E-state index contributed by atoms with van der Waals surface area (Å²) in [5.74, 6) is -5.41. The molecule has 10 atom stereocenters. The number of rotatable bonds is 6. The summed E-state index contributed by atoms with van der Waals surface area (Å²) in [4.78, 5) is 39.6. The van der Waals surface area contributed by atoms with Crippen LogP contribution in [0.15, 0.2) is 71.1 Å². The maximum Gasteiger partial charge on any atom is 0.331 e. The summed E-state index contributed by atoms with van der Waals surface area (Å²) in [6.07, 6.45) is 6.74. The normalized spacial score (nSPS) is 42.4. The van der Waals surface area contributed by atoms with E-state index < -0.39 is 75.5 Å². The molecule has 10 nitrogen and oxygen atoms in total.